The summed E-state index contributed by atoms with van der Waals surface area (Å²) in [5.74, 6) is -0.111. The molecule has 0 aliphatic heterocycles. The van der Waals surface area contributed by atoms with E-state index in [-0.39, 0.29) is 28.9 Å². The van der Waals surface area contributed by atoms with Crippen LogP contribution in [0.1, 0.15) is 65.2 Å². The first-order chi connectivity index (χ1) is 13.4. The second-order valence-corrected chi connectivity index (χ2v) is 7.21. The van der Waals surface area contributed by atoms with E-state index < -0.39 is 6.43 Å². The summed E-state index contributed by atoms with van der Waals surface area (Å²) in [6, 6.07) is 2.89. The molecule has 1 fully saturated rings. The molecule has 9 heteroatoms. The Hall–Kier alpha value is -2.84. The monoisotopic (exact) mass is 388 g/mol. The van der Waals surface area contributed by atoms with E-state index >= 15 is 0 Å². The number of hydrogen-bond donors (Lipinski definition) is 0. The zero-order chi connectivity index (χ0) is 20.0. The number of rotatable bonds is 6. The van der Waals surface area contributed by atoms with Crippen LogP contribution in [0, 0.1) is 6.92 Å². The smallest absolute Gasteiger partial charge is 0.280 e. The number of halogens is 2. The standard InChI is InChI=1S/C19H22F2N6O/c1-4-26-11(2)13(9-22-26)10-25(3)19(28)15-8-17-23-14(12-5-6-12)7-16(18(20)21)27(17)24-15/h7-9,12,18H,4-6,10H2,1-3H3. The molecule has 3 aromatic heterocycles. The summed E-state index contributed by atoms with van der Waals surface area (Å²) in [7, 11) is 1.66. The molecule has 1 saturated carbocycles. The minimum absolute atomic E-state index is 0.102. The molecule has 0 atom stereocenters. The molecule has 0 radical (unpaired) electrons. The van der Waals surface area contributed by atoms with Gasteiger partial charge in [-0.15, -0.1) is 0 Å². The van der Waals surface area contributed by atoms with E-state index in [0.717, 1.165) is 35.2 Å². The first-order valence-corrected chi connectivity index (χ1v) is 9.34. The second-order valence-electron chi connectivity index (χ2n) is 7.21. The van der Waals surface area contributed by atoms with Gasteiger partial charge in [-0.2, -0.15) is 10.2 Å². The van der Waals surface area contributed by atoms with Crippen molar-refractivity contribution in [3.05, 3.63) is 46.7 Å². The third kappa shape index (κ3) is 3.25. The van der Waals surface area contributed by atoms with E-state index in [2.05, 4.69) is 15.2 Å². The van der Waals surface area contributed by atoms with E-state index in [1.807, 2.05) is 18.5 Å². The molecule has 148 valence electrons. The number of fused-ring (bicyclic) bond motifs is 1. The molecule has 0 aromatic carbocycles. The van der Waals surface area contributed by atoms with Gasteiger partial charge < -0.3 is 4.90 Å². The first-order valence-electron chi connectivity index (χ1n) is 9.34. The number of carbonyl (C=O) groups excluding carboxylic acids is 1. The summed E-state index contributed by atoms with van der Waals surface area (Å²) in [6.07, 6.45) is 0.967. The number of aryl methyl sites for hydroxylation is 1. The van der Waals surface area contributed by atoms with Crippen LogP contribution in [-0.2, 0) is 13.1 Å². The Kier molecular flexibility index (Phi) is 4.60. The Bertz CT molecular complexity index is 1040. The molecule has 1 amide bonds. The van der Waals surface area contributed by atoms with Crippen LogP contribution in [0.4, 0.5) is 8.78 Å². The van der Waals surface area contributed by atoms with E-state index in [1.54, 1.807) is 13.2 Å². The summed E-state index contributed by atoms with van der Waals surface area (Å²) in [4.78, 5) is 18.8. The molecule has 28 heavy (non-hydrogen) atoms. The second kappa shape index (κ2) is 6.96. The SMILES string of the molecule is CCn1ncc(CN(C)C(=O)c2cc3nc(C4CC4)cc(C(F)F)n3n2)c1C. The van der Waals surface area contributed by atoms with Crippen LogP contribution in [0.3, 0.4) is 0 Å². The van der Waals surface area contributed by atoms with Gasteiger partial charge in [0.1, 0.15) is 5.69 Å². The zero-order valence-electron chi connectivity index (χ0n) is 16.1. The lowest BCUT2D eigenvalue weighted by Gasteiger charge is -2.15. The quantitative estimate of drug-likeness (QED) is 0.650. The van der Waals surface area contributed by atoms with Gasteiger partial charge in [0.2, 0.25) is 0 Å². The largest absolute Gasteiger partial charge is 0.336 e. The number of carbonyl (C=O) groups is 1. The Morgan fingerprint density at radius 1 is 1.36 bits per heavy atom. The summed E-state index contributed by atoms with van der Waals surface area (Å²) in [5, 5.41) is 8.41. The molecule has 3 aromatic rings. The van der Waals surface area contributed by atoms with Crippen molar-refractivity contribution in [3.63, 3.8) is 0 Å². The fourth-order valence-corrected chi connectivity index (χ4v) is 3.35. The van der Waals surface area contributed by atoms with Crippen LogP contribution in [0.15, 0.2) is 18.3 Å². The lowest BCUT2D eigenvalue weighted by Crippen LogP contribution is -2.27. The maximum atomic E-state index is 13.5. The summed E-state index contributed by atoms with van der Waals surface area (Å²) >= 11 is 0. The lowest BCUT2D eigenvalue weighted by molar-refractivity contribution is 0.0778. The Balaban J connectivity index is 1.63. The lowest BCUT2D eigenvalue weighted by atomic mass is 10.2. The zero-order valence-corrected chi connectivity index (χ0v) is 16.1. The van der Waals surface area contributed by atoms with Crippen LogP contribution in [0.5, 0.6) is 0 Å². The number of nitrogens with zero attached hydrogens (tertiary/aromatic N) is 6. The van der Waals surface area contributed by atoms with Crippen molar-refractivity contribution >= 4 is 11.6 Å². The van der Waals surface area contributed by atoms with Gasteiger partial charge in [-0.1, -0.05) is 0 Å². The molecule has 0 bridgehead atoms. The Labute approximate surface area is 161 Å². The molecular weight excluding hydrogens is 366 g/mol. The number of hydrogen-bond acceptors (Lipinski definition) is 4. The van der Waals surface area contributed by atoms with Crippen molar-refractivity contribution in [1.82, 2.24) is 29.3 Å². The van der Waals surface area contributed by atoms with Crippen LogP contribution in [0.2, 0.25) is 0 Å². The summed E-state index contributed by atoms with van der Waals surface area (Å²) in [6.45, 7) is 5.06. The normalized spacial score (nSPS) is 14.2. The third-order valence-corrected chi connectivity index (χ3v) is 5.17. The van der Waals surface area contributed by atoms with Gasteiger partial charge in [0, 0.05) is 49.1 Å². The van der Waals surface area contributed by atoms with E-state index in [0.29, 0.717) is 12.2 Å². The van der Waals surface area contributed by atoms with Crippen molar-refractivity contribution < 1.29 is 13.6 Å². The fourth-order valence-electron chi connectivity index (χ4n) is 3.35. The van der Waals surface area contributed by atoms with E-state index in [4.69, 9.17) is 0 Å². The molecule has 4 rings (SSSR count). The predicted molar refractivity (Wildman–Crippen MR) is 98.4 cm³/mol. The van der Waals surface area contributed by atoms with Crippen molar-refractivity contribution in [2.75, 3.05) is 7.05 Å². The van der Waals surface area contributed by atoms with Crippen molar-refractivity contribution in [2.45, 2.75) is 52.1 Å². The molecule has 0 saturated heterocycles. The van der Waals surface area contributed by atoms with Crippen LogP contribution >= 0.6 is 0 Å². The van der Waals surface area contributed by atoms with Gasteiger partial charge in [-0.3, -0.25) is 9.48 Å². The minimum Gasteiger partial charge on any atom is -0.336 e. The number of amides is 1. The van der Waals surface area contributed by atoms with Gasteiger partial charge in [-0.05, 0) is 32.8 Å². The van der Waals surface area contributed by atoms with Gasteiger partial charge in [0.15, 0.2) is 11.3 Å². The maximum Gasteiger partial charge on any atom is 0.280 e. The van der Waals surface area contributed by atoms with Crippen LogP contribution in [0.25, 0.3) is 5.65 Å². The molecule has 0 N–H and O–H groups in total. The van der Waals surface area contributed by atoms with Gasteiger partial charge in [0.25, 0.3) is 12.3 Å². The molecule has 3 heterocycles. The minimum atomic E-state index is -2.69. The fraction of sp³-hybridized carbons (Fsp3) is 0.474. The predicted octanol–water partition coefficient (Wildman–Crippen LogP) is 3.34. The molecule has 7 nitrogen and oxygen atoms in total. The van der Waals surface area contributed by atoms with Crippen molar-refractivity contribution in [1.29, 1.82) is 0 Å². The highest BCUT2D eigenvalue weighted by Gasteiger charge is 2.28. The van der Waals surface area contributed by atoms with E-state index in [9.17, 15) is 13.6 Å². The van der Waals surface area contributed by atoms with E-state index in [1.165, 1.54) is 17.0 Å². The molecule has 0 unspecified atom stereocenters. The number of aromatic nitrogens is 5. The highest BCUT2D eigenvalue weighted by Crippen LogP contribution is 2.40. The average Bonchev–Trinajstić information content (AvgIpc) is 3.35. The Morgan fingerprint density at radius 3 is 2.71 bits per heavy atom. The topological polar surface area (TPSA) is 68.3 Å². The third-order valence-electron chi connectivity index (χ3n) is 5.17. The van der Waals surface area contributed by atoms with Crippen molar-refractivity contribution in [3.8, 4) is 0 Å². The molecule has 0 spiro atoms. The Morgan fingerprint density at radius 2 is 2.11 bits per heavy atom. The van der Waals surface area contributed by atoms with Gasteiger partial charge >= 0.3 is 0 Å². The molecule has 1 aliphatic carbocycles. The molecular formula is C19H22F2N6O. The van der Waals surface area contributed by atoms with Crippen molar-refractivity contribution in [2.24, 2.45) is 0 Å². The highest BCUT2D eigenvalue weighted by atomic mass is 19.3. The highest BCUT2D eigenvalue weighted by molar-refractivity contribution is 5.93. The number of alkyl halides is 2. The molecule has 1 aliphatic rings. The summed E-state index contributed by atoms with van der Waals surface area (Å²) < 4.78 is 29.9. The first kappa shape index (κ1) is 18.5. The maximum absolute atomic E-state index is 13.5. The van der Waals surface area contributed by atoms with Gasteiger partial charge in [-0.25, -0.2) is 18.3 Å². The average molecular weight is 388 g/mol. The summed E-state index contributed by atoms with van der Waals surface area (Å²) in [5.41, 5.74) is 2.74. The van der Waals surface area contributed by atoms with Gasteiger partial charge in [0.05, 0.1) is 6.20 Å². The van der Waals surface area contributed by atoms with Crippen LogP contribution < -0.4 is 0 Å². The van der Waals surface area contributed by atoms with Crippen LogP contribution in [-0.4, -0.2) is 42.2 Å².